The molecule has 0 aliphatic rings. The second-order valence-electron chi connectivity index (χ2n) is 4.23. The predicted octanol–water partition coefficient (Wildman–Crippen LogP) is 4.51. The van der Waals surface area contributed by atoms with Gasteiger partial charge in [-0.05, 0) is 11.6 Å². The molecule has 92 valence electrons. The molecule has 0 amide bonds. The summed E-state index contributed by atoms with van der Waals surface area (Å²) >= 11 is 0. The Bertz CT molecular complexity index is 669. The lowest BCUT2D eigenvalue weighted by molar-refractivity contribution is 0.430. The first-order chi connectivity index (χ1) is 9.42. The smallest absolute Gasteiger partial charge is 0.167 e. The maximum absolute atomic E-state index is 5.34. The van der Waals surface area contributed by atoms with Crippen molar-refractivity contribution in [1.29, 1.82) is 0 Å². The standard InChI is InChI=1S/C17H13NO/c1-3-7-14(8-4-1)11-12-16-13-17(19-18-16)15-9-5-2-6-10-15/h1-13H. The summed E-state index contributed by atoms with van der Waals surface area (Å²) in [5.74, 6) is 0.785. The molecular weight excluding hydrogens is 234 g/mol. The van der Waals surface area contributed by atoms with Crippen LogP contribution in [0, 0.1) is 0 Å². The summed E-state index contributed by atoms with van der Waals surface area (Å²) in [5, 5.41) is 4.05. The van der Waals surface area contributed by atoms with Gasteiger partial charge in [0.1, 0.15) is 5.69 Å². The number of hydrogen-bond donors (Lipinski definition) is 0. The molecule has 0 spiro atoms. The van der Waals surface area contributed by atoms with Gasteiger partial charge in [0.05, 0.1) is 0 Å². The molecule has 1 aromatic heterocycles. The fraction of sp³-hybridized carbons (Fsp3) is 0. The Kier molecular flexibility index (Phi) is 3.24. The molecular formula is C17H13NO. The van der Waals surface area contributed by atoms with Gasteiger partial charge < -0.3 is 4.52 Å². The monoisotopic (exact) mass is 247 g/mol. The molecule has 0 bridgehead atoms. The van der Waals surface area contributed by atoms with Gasteiger partial charge in [0.15, 0.2) is 5.76 Å². The second-order valence-corrected chi connectivity index (χ2v) is 4.23. The largest absolute Gasteiger partial charge is 0.356 e. The maximum atomic E-state index is 5.34. The zero-order valence-corrected chi connectivity index (χ0v) is 10.4. The molecule has 0 aliphatic heterocycles. The number of nitrogens with zero attached hydrogens (tertiary/aromatic N) is 1. The molecule has 0 saturated heterocycles. The van der Waals surface area contributed by atoms with Gasteiger partial charge >= 0.3 is 0 Å². The van der Waals surface area contributed by atoms with Crippen LogP contribution < -0.4 is 0 Å². The zero-order valence-electron chi connectivity index (χ0n) is 10.4. The molecule has 3 rings (SSSR count). The lowest BCUT2D eigenvalue weighted by Crippen LogP contribution is -1.71. The van der Waals surface area contributed by atoms with Crippen LogP contribution in [0.1, 0.15) is 11.3 Å². The van der Waals surface area contributed by atoms with Crippen LogP contribution in [0.15, 0.2) is 71.3 Å². The van der Waals surface area contributed by atoms with E-state index >= 15 is 0 Å². The topological polar surface area (TPSA) is 26.0 Å². The van der Waals surface area contributed by atoms with E-state index in [1.165, 1.54) is 0 Å². The van der Waals surface area contributed by atoms with Gasteiger partial charge in [0.2, 0.25) is 0 Å². The average Bonchev–Trinajstić information content (AvgIpc) is 2.96. The van der Waals surface area contributed by atoms with E-state index in [1.807, 2.05) is 66.7 Å². The summed E-state index contributed by atoms with van der Waals surface area (Å²) < 4.78 is 5.34. The van der Waals surface area contributed by atoms with Crippen LogP contribution in [-0.4, -0.2) is 5.16 Å². The Balaban J connectivity index is 1.81. The molecule has 2 nitrogen and oxygen atoms in total. The van der Waals surface area contributed by atoms with Crippen molar-refractivity contribution in [3.8, 4) is 11.3 Å². The average molecular weight is 247 g/mol. The number of aromatic nitrogens is 1. The van der Waals surface area contributed by atoms with Crippen molar-refractivity contribution in [2.24, 2.45) is 0 Å². The van der Waals surface area contributed by atoms with Gasteiger partial charge in [-0.1, -0.05) is 71.9 Å². The summed E-state index contributed by atoms with van der Waals surface area (Å²) in [4.78, 5) is 0. The quantitative estimate of drug-likeness (QED) is 0.680. The highest BCUT2D eigenvalue weighted by atomic mass is 16.5. The van der Waals surface area contributed by atoms with Gasteiger partial charge in [-0.25, -0.2) is 0 Å². The van der Waals surface area contributed by atoms with Crippen LogP contribution in [0.2, 0.25) is 0 Å². The van der Waals surface area contributed by atoms with E-state index in [9.17, 15) is 0 Å². The summed E-state index contributed by atoms with van der Waals surface area (Å²) in [7, 11) is 0. The van der Waals surface area contributed by atoms with E-state index < -0.39 is 0 Å². The molecule has 0 aliphatic carbocycles. The lowest BCUT2D eigenvalue weighted by atomic mass is 10.1. The van der Waals surface area contributed by atoms with Crippen molar-refractivity contribution in [3.05, 3.63) is 78.0 Å². The summed E-state index contributed by atoms with van der Waals surface area (Å²) in [6.45, 7) is 0. The molecule has 0 unspecified atom stereocenters. The Morgan fingerprint density at radius 1 is 0.789 bits per heavy atom. The number of rotatable bonds is 3. The molecule has 0 saturated carbocycles. The Morgan fingerprint density at radius 3 is 2.21 bits per heavy atom. The molecule has 0 fully saturated rings. The molecule has 2 aromatic carbocycles. The van der Waals surface area contributed by atoms with Crippen LogP contribution in [0.4, 0.5) is 0 Å². The van der Waals surface area contributed by atoms with E-state index in [4.69, 9.17) is 4.52 Å². The molecule has 1 heterocycles. The van der Waals surface area contributed by atoms with E-state index in [0.29, 0.717) is 0 Å². The minimum Gasteiger partial charge on any atom is -0.356 e. The number of benzene rings is 2. The molecule has 0 atom stereocenters. The van der Waals surface area contributed by atoms with Crippen LogP contribution in [0.25, 0.3) is 23.5 Å². The molecule has 0 N–H and O–H groups in total. The van der Waals surface area contributed by atoms with Crippen molar-refractivity contribution in [2.45, 2.75) is 0 Å². The van der Waals surface area contributed by atoms with Crippen molar-refractivity contribution < 1.29 is 4.52 Å². The van der Waals surface area contributed by atoms with E-state index in [2.05, 4.69) is 17.3 Å². The van der Waals surface area contributed by atoms with Crippen LogP contribution in [0.3, 0.4) is 0 Å². The van der Waals surface area contributed by atoms with Crippen molar-refractivity contribution in [3.63, 3.8) is 0 Å². The third-order valence-electron chi connectivity index (χ3n) is 2.83. The van der Waals surface area contributed by atoms with E-state index in [-0.39, 0.29) is 0 Å². The molecule has 0 radical (unpaired) electrons. The minimum absolute atomic E-state index is 0.785. The molecule has 3 aromatic rings. The lowest BCUT2D eigenvalue weighted by Gasteiger charge is -1.91. The SMILES string of the molecule is C(=Cc1cc(-c2ccccc2)on1)c1ccccc1. The normalized spacial score (nSPS) is 10.9. The highest BCUT2D eigenvalue weighted by Crippen LogP contribution is 2.20. The van der Waals surface area contributed by atoms with Gasteiger partial charge in [0, 0.05) is 11.6 Å². The zero-order chi connectivity index (χ0) is 12.9. The van der Waals surface area contributed by atoms with E-state index in [1.54, 1.807) is 0 Å². The van der Waals surface area contributed by atoms with Gasteiger partial charge in [-0.2, -0.15) is 0 Å². The summed E-state index contributed by atoms with van der Waals surface area (Å²) in [6.07, 6.45) is 3.97. The first kappa shape index (κ1) is 11.5. The summed E-state index contributed by atoms with van der Waals surface area (Å²) in [5.41, 5.74) is 3.00. The fourth-order valence-corrected chi connectivity index (χ4v) is 1.85. The summed E-state index contributed by atoms with van der Waals surface area (Å²) in [6, 6.07) is 22.0. The van der Waals surface area contributed by atoms with Crippen molar-refractivity contribution in [2.75, 3.05) is 0 Å². The third kappa shape index (κ3) is 2.80. The minimum atomic E-state index is 0.785. The third-order valence-corrected chi connectivity index (χ3v) is 2.83. The van der Waals surface area contributed by atoms with Crippen molar-refractivity contribution >= 4 is 12.2 Å². The maximum Gasteiger partial charge on any atom is 0.167 e. The number of hydrogen-bond acceptors (Lipinski definition) is 2. The highest BCUT2D eigenvalue weighted by Gasteiger charge is 2.03. The van der Waals surface area contributed by atoms with Crippen LogP contribution in [-0.2, 0) is 0 Å². The Labute approximate surface area is 112 Å². The molecule has 2 heteroatoms. The van der Waals surface area contributed by atoms with Gasteiger partial charge in [-0.3, -0.25) is 0 Å². The highest BCUT2D eigenvalue weighted by molar-refractivity contribution is 5.70. The first-order valence-electron chi connectivity index (χ1n) is 6.17. The van der Waals surface area contributed by atoms with Gasteiger partial charge in [0.25, 0.3) is 0 Å². The van der Waals surface area contributed by atoms with E-state index in [0.717, 1.165) is 22.6 Å². The first-order valence-corrected chi connectivity index (χ1v) is 6.17. The second kappa shape index (κ2) is 5.36. The van der Waals surface area contributed by atoms with Gasteiger partial charge in [-0.15, -0.1) is 0 Å². The fourth-order valence-electron chi connectivity index (χ4n) is 1.85. The van der Waals surface area contributed by atoms with Crippen LogP contribution >= 0.6 is 0 Å². The van der Waals surface area contributed by atoms with Crippen LogP contribution in [0.5, 0.6) is 0 Å². The molecule has 19 heavy (non-hydrogen) atoms. The Morgan fingerprint density at radius 2 is 1.47 bits per heavy atom. The Hall–Kier alpha value is -2.61. The van der Waals surface area contributed by atoms with Crippen molar-refractivity contribution in [1.82, 2.24) is 5.16 Å². The predicted molar refractivity (Wildman–Crippen MR) is 77.3 cm³/mol.